The summed E-state index contributed by atoms with van der Waals surface area (Å²) in [6.07, 6.45) is 2.13. The van der Waals surface area contributed by atoms with Crippen molar-refractivity contribution < 1.29 is 0 Å². The molecule has 0 spiro atoms. The average molecular weight is 231 g/mol. The minimum atomic E-state index is 1.01. The van der Waals surface area contributed by atoms with E-state index < -0.39 is 0 Å². The van der Waals surface area contributed by atoms with Gasteiger partial charge in [0.2, 0.25) is 0 Å². The second kappa shape index (κ2) is 3.50. The number of para-hydroxylation sites is 2. The molecular formula is C16H11N2. The SMILES string of the molecule is C1=C(c2cc3ccccc3[nH]2)[N]c2ccccc21. The van der Waals surface area contributed by atoms with Crippen molar-refractivity contribution in [1.82, 2.24) is 10.3 Å². The second-order valence-corrected chi connectivity index (χ2v) is 4.47. The minimum absolute atomic E-state index is 1.01. The van der Waals surface area contributed by atoms with Gasteiger partial charge in [0.15, 0.2) is 0 Å². The molecule has 3 aromatic rings. The lowest BCUT2D eigenvalue weighted by atomic mass is 10.2. The van der Waals surface area contributed by atoms with Crippen LogP contribution in [-0.4, -0.2) is 4.98 Å². The Kier molecular flexibility index (Phi) is 1.86. The maximum Gasteiger partial charge on any atom is 0.0878 e. The van der Waals surface area contributed by atoms with Crippen LogP contribution in [0.25, 0.3) is 22.7 Å². The molecule has 1 aliphatic heterocycles. The Bertz CT molecular complexity index is 732. The molecule has 1 radical (unpaired) electrons. The van der Waals surface area contributed by atoms with Gasteiger partial charge in [0, 0.05) is 16.5 Å². The van der Waals surface area contributed by atoms with Gasteiger partial charge in [-0.05, 0) is 24.3 Å². The van der Waals surface area contributed by atoms with E-state index in [9.17, 15) is 0 Å². The maximum atomic E-state index is 4.65. The lowest BCUT2D eigenvalue weighted by molar-refractivity contribution is 1.20. The molecule has 0 amide bonds. The fourth-order valence-electron chi connectivity index (χ4n) is 2.37. The predicted octanol–water partition coefficient (Wildman–Crippen LogP) is 3.92. The number of nitrogens with zero attached hydrogens (tertiary/aromatic N) is 1. The first kappa shape index (κ1) is 9.54. The van der Waals surface area contributed by atoms with E-state index in [1.165, 1.54) is 10.9 Å². The number of aromatic nitrogens is 1. The molecule has 0 saturated carbocycles. The number of fused-ring (bicyclic) bond motifs is 2. The molecule has 85 valence electrons. The van der Waals surface area contributed by atoms with Crippen LogP contribution in [-0.2, 0) is 0 Å². The molecule has 1 N–H and O–H groups in total. The number of hydrogen-bond donors (Lipinski definition) is 1. The van der Waals surface area contributed by atoms with Crippen LogP contribution in [0, 0.1) is 0 Å². The Balaban J connectivity index is 1.82. The number of aromatic amines is 1. The van der Waals surface area contributed by atoms with Crippen LogP contribution in [0.4, 0.5) is 5.69 Å². The van der Waals surface area contributed by atoms with Crippen LogP contribution in [0.15, 0.2) is 54.6 Å². The standard InChI is InChI=1S/C16H11N2/c1-3-7-13-11(5-1)9-15(17-13)16-10-12-6-2-4-8-14(12)18-16/h1-10,17H. The molecule has 0 unspecified atom stereocenters. The molecular weight excluding hydrogens is 220 g/mol. The van der Waals surface area contributed by atoms with Gasteiger partial charge in [-0.15, -0.1) is 0 Å². The summed E-state index contributed by atoms with van der Waals surface area (Å²) in [5.41, 5.74) is 5.47. The fourth-order valence-corrected chi connectivity index (χ4v) is 2.37. The van der Waals surface area contributed by atoms with Crippen LogP contribution >= 0.6 is 0 Å². The van der Waals surface area contributed by atoms with Gasteiger partial charge in [0.05, 0.1) is 17.1 Å². The van der Waals surface area contributed by atoms with E-state index in [1.807, 2.05) is 24.3 Å². The molecule has 2 heteroatoms. The van der Waals surface area contributed by atoms with Crippen LogP contribution in [0.5, 0.6) is 0 Å². The second-order valence-electron chi connectivity index (χ2n) is 4.47. The molecule has 0 aliphatic carbocycles. The summed E-state index contributed by atoms with van der Waals surface area (Å²) < 4.78 is 0. The van der Waals surface area contributed by atoms with Crippen molar-refractivity contribution in [2.45, 2.75) is 0 Å². The summed E-state index contributed by atoms with van der Waals surface area (Å²) in [6, 6.07) is 18.6. The predicted molar refractivity (Wildman–Crippen MR) is 74.4 cm³/mol. The van der Waals surface area contributed by atoms with Gasteiger partial charge in [0.1, 0.15) is 0 Å². The molecule has 0 fully saturated rings. The van der Waals surface area contributed by atoms with Crippen molar-refractivity contribution in [3.05, 3.63) is 65.9 Å². The molecule has 1 aromatic heterocycles. The smallest absolute Gasteiger partial charge is 0.0878 e. The van der Waals surface area contributed by atoms with Crippen molar-refractivity contribution in [2.24, 2.45) is 0 Å². The summed E-state index contributed by atoms with van der Waals surface area (Å²) in [5.74, 6) is 0. The quantitative estimate of drug-likeness (QED) is 0.658. The Morgan fingerprint density at radius 2 is 1.72 bits per heavy atom. The van der Waals surface area contributed by atoms with Crippen molar-refractivity contribution >= 4 is 28.4 Å². The van der Waals surface area contributed by atoms with Crippen molar-refractivity contribution in [3.8, 4) is 0 Å². The zero-order valence-electron chi connectivity index (χ0n) is 9.72. The summed E-state index contributed by atoms with van der Waals surface area (Å²) >= 11 is 0. The highest BCUT2D eigenvalue weighted by molar-refractivity contribution is 5.94. The van der Waals surface area contributed by atoms with Crippen molar-refractivity contribution in [3.63, 3.8) is 0 Å². The molecule has 0 saturated heterocycles. The zero-order valence-corrected chi connectivity index (χ0v) is 9.72. The molecule has 0 atom stereocenters. The number of rotatable bonds is 1. The molecule has 4 rings (SSSR count). The largest absolute Gasteiger partial charge is 0.353 e. The van der Waals surface area contributed by atoms with Gasteiger partial charge in [-0.3, -0.25) is 0 Å². The average Bonchev–Trinajstić information content (AvgIpc) is 3.02. The van der Waals surface area contributed by atoms with Gasteiger partial charge in [0.25, 0.3) is 0 Å². The third-order valence-corrected chi connectivity index (χ3v) is 3.28. The summed E-state index contributed by atoms with van der Waals surface area (Å²) in [5, 5.41) is 5.87. The number of benzene rings is 2. The van der Waals surface area contributed by atoms with Gasteiger partial charge >= 0.3 is 0 Å². The third-order valence-electron chi connectivity index (χ3n) is 3.28. The summed E-state index contributed by atoms with van der Waals surface area (Å²) in [7, 11) is 0. The molecule has 0 bridgehead atoms. The van der Waals surface area contributed by atoms with Crippen molar-refractivity contribution in [2.75, 3.05) is 0 Å². The van der Waals surface area contributed by atoms with Crippen LogP contribution < -0.4 is 5.32 Å². The number of hydrogen-bond acceptors (Lipinski definition) is 0. The molecule has 18 heavy (non-hydrogen) atoms. The van der Waals surface area contributed by atoms with Gasteiger partial charge in [-0.1, -0.05) is 36.4 Å². The Morgan fingerprint density at radius 3 is 2.61 bits per heavy atom. The van der Waals surface area contributed by atoms with Gasteiger partial charge < -0.3 is 4.98 Å². The first-order valence-corrected chi connectivity index (χ1v) is 6.01. The number of nitrogens with one attached hydrogen (secondary N) is 1. The lowest BCUT2D eigenvalue weighted by Crippen LogP contribution is -1.91. The monoisotopic (exact) mass is 231 g/mol. The van der Waals surface area contributed by atoms with E-state index in [0.29, 0.717) is 0 Å². The van der Waals surface area contributed by atoms with Crippen LogP contribution in [0.2, 0.25) is 0 Å². The van der Waals surface area contributed by atoms with Gasteiger partial charge in [-0.2, -0.15) is 0 Å². The van der Waals surface area contributed by atoms with Crippen LogP contribution in [0.3, 0.4) is 0 Å². The highest BCUT2D eigenvalue weighted by Gasteiger charge is 2.15. The topological polar surface area (TPSA) is 29.9 Å². The van der Waals surface area contributed by atoms with Gasteiger partial charge in [-0.25, -0.2) is 5.32 Å². The Hall–Kier alpha value is -2.48. The first-order valence-electron chi connectivity index (χ1n) is 6.01. The van der Waals surface area contributed by atoms with E-state index in [4.69, 9.17) is 0 Å². The zero-order chi connectivity index (χ0) is 11.9. The highest BCUT2D eigenvalue weighted by Crippen LogP contribution is 2.32. The Labute approximate surface area is 105 Å². The molecule has 2 nitrogen and oxygen atoms in total. The minimum Gasteiger partial charge on any atom is -0.353 e. The number of H-pyrrole nitrogens is 1. The summed E-state index contributed by atoms with van der Waals surface area (Å²) in [6.45, 7) is 0. The van der Waals surface area contributed by atoms with E-state index in [0.717, 1.165) is 22.6 Å². The summed E-state index contributed by atoms with van der Waals surface area (Å²) in [4.78, 5) is 3.41. The maximum absolute atomic E-state index is 4.65. The Morgan fingerprint density at radius 1 is 0.889 bits per heavy atom. The third kappa shape index (κ3) is 1.36. The van der Waals surface area contributed by atoms with E-state index >= 15 is 0 Å². The van der Waals surface area contributed by atoms with E-state index in [2.05, 4.69) is 46.7 Å². The van der Waals surface area contributed by atoms with Crippen molar-refractivity contribution in [1.29, 1.82) is 0 Å². The van der Waals surface area contributed by atoms with E-state index in [1.54, 1.807) is 0 Å². The normalized spacial score (nSPS) is 13.2. The fraction of sp³-hybridized carbons (Fsp3) is 0. The van der Waals surface area contributed by atoms with Crippen LogP contribution in [0.1, 0.15) is 11.3 Å². The first-order chi connectivity index (χ1) is 8.90. The molecule has 2 aromatic carbocycles. The molecule has 1 aliphatic rings. The lowest BCUT2D eigenvalue weighted by Gasteiger charge is -1.98. The highest BCUT2D eigenvalue weighted by atomic mass is 14.9. The molecule has 2 heterocycles. The van der Waals surface area contributed by atoms with E-state index in [-0.39, 0.29) is 0 Å².